The van der Waals surface area contributed by atoms with Gasteiger partial charge < -0.3 is 0 Å². The Morgan fingerprint density at radius 2 is 0.458 bits per heavy atom. The Kier molecular flexibility index (Phi) is 12.1. The third-order valence-electron chi connectivity index (χ3n) is 7.98. The van der Waals surface area contributed by atoms with Crippen molar-refractivity contribution in [1.29, 1.82) is 0 Å². The Bertz CT molecular complexity index is 1850. The largest absolute Gasteiger partial charge is 0.0614 e. The van der Waals surface area contributed by atoms with Crippen LogP contribution in [0.1, 0.15) is 66.8 Å². The second-order valence-corrected chi connectivity index (χ2v) is 12.3. The Morgan fingerprint density at radius 3 is 0.708 bits per heavy atom. The van der Waals surface area contributed by atoms with Crippen molar-refractivity contribution in [3.8, 4) is 0 Å². The van der Waals surface area contributed by atoms with E-state index in [1.165, 1.54) is 66.8 Å². The second-order valence-electron chi connectivity index (χ2n) is 12.3. The summed E-state index contributed by atoms with van der Waals surface area (Å²) < 4.78 is 0. The lowest BCUT2D eigenvalue weighted by molar-refractivity contribution is 1.46. The summed E-state index contributed by atoms with van der Waals surface area (Å²) in [5, 5.41) is 0. The molecule has 48 heavy (non-hydrogen) atoms. The van der Waals surface area contributed by atoms with E-state index in [2.05, 4.69) is 222 Å². The van der Waals surface area contributed by atoms with E-state index >= 15 is 0 Å². The van der Waals surface area contributed by atoms with Crippen molar-refractivity contribution >= 4 is 48.6 Å². The lowest BCUT2D eigenvalue weighted by Gasteiger charge is -1.99. The molecule has 6 aromatic carbocycles. The molecule has 236 valence electrons. The summed E-state index contributed by atoms with van der Waals surface area (Å²) in [6.45, 7) is 8.45. The summed E-state index contributed by atoms with van der Waals surface area (Å²) in [7, 11) is 0. The van der Waals surface area contributed by atoms with E-state index in [0.717, 1.165) is 0 Å². The van der Waals surface area contributed by atoms with Crippen molar-refractivity contribution in [3.05, 3.63) is 212 Å². The summed E-state index contributed by atoms with van der Waals surface area (Å²) in [5.74, 6) is 0. The maximum atomic E-state index is 2.19. The molecule has 0 saturated heterocycles. The lowest BCUT2D eigenvalue weighted by atomic mass is 10.1. The summed E-state index contributed by atoms with van der Waals surface area (Å²) in [6, 6.07) is 51.4. The molecule has 0 heterocycles. The normalized spacial score (nSPS) is 11.4. The van der Waals surface area contributed by atoms with Crippen molar-refractivity contribution < 1.29 is 0 Å². The van der Waals surface area contributed by atoms with Gasteiger partial charge in [0.15, 0.2) is 0 Å². The minimum Gasteiger partial charge on any atom is -0.0614 e. The average molecular weight is 621 g/mol. The fraction of sp³-hybridized carbons (Fsp3) is 0.0833. The third kappa shape index (κ3) is 11.3. The van der Waals surface area contributed by atoms with Crippen LogP contribution in [0.2, 0.25) is 0 Å². The highest BCUT2D eigenvalue weighted by Gasteiger charge is 1.94. The van der Waals surface area contributed by atoms with Gasteiger partial charge in [-0.15, -0.1) is 0 Å². The molecule has 0 atom stereocenters. The van der Waals surface area contributed by atoms with Gasteiger partial charge in [-0.3, -0.25) is 0 Å². The molecule has 0 saturated carbocycles. The minimum absolute atomic E-state index is 1.21. The zero-order valence-electron chi connectivity index (χ0n) is 28.5. The maximum absolute atomic E-state index is 2.19. The van der Waals surface area contributed by atoms with Crippen molar-refractivity contribution in [3.63, 3.8) is 0 Å². The van der Waals surface area contributed by atoms with Gasteiger partial charge in [0.2, 0.25) is 0 Å². The zero-order chi connectivity index (χ0) is 33.6. The Labute approximate surface area is 287 Å². The summed E-state index contributed by atoms with van der Waals surface area (Å²) in [5.41, 5.74) is 14.9. The molecule has 0 amide bonds. The first-order valence-corrected chi connectivity index (χ1v) is 16.6. The maximum Gasteiger partial charge on any atom is -0.0254 e. The predicted molar refractivity (Wildman–Crippen MR) is 213 cm³/mol. The molecule has 0 radical (unpaired) electrons. The smallest absolute Gasteiger partial charge is 0.0254 e. The topological polar surface area (TPSA) is 0 Å². The van der Waals surface area contributed by atoms with E-state index in [4.69, 9.17) is 0 Å². The van der Waals surface area contributed by atoms with Gasteiger partial charge in [-0.05, 0) is 72.2 Å². The number of benzene rings is 6. The highest BCUT2D eigenvalue weighted by atomic mass is 14.0. The molecular formula is C48H44. The standard InChI is InChI=1S/2C24H22/c1-19-3-7-21(8-4-19)11-13-23-15-17-24(18-16-23)14-12-22-9-5-20(2)6-10-22;1-19-5-3-7-23(17-19)15-13-21-9-11-22(12-10-21)14-16-24-8-4-6-20(2)18-24/h2*3-18H,1-2H3. The summed E-state index contributed by atoms with van der Waals surface area (Å²) in [4.78, 5) is 0. The lowest BCUT2D eigenvalue weighted by Crippen LogP contribution is -1.77. The number of aryl methyl sites for hydroxylation is 4. The van der Waals surface area contributed by atoms with Gasteiger partial charge in [0, 0.05) is 0 Å². The molecule has 6 rings (SSSR count). The van der Waals surface area contributed by atoms with Crippen LogP contribution in [-0.2, 0) is 0 Å². The second kappa shape index (κ2) is 17.3. The molecule has 0 N–H and O–H groups in total. The minimum atomic E-state index is 1.21. The average Bonchev–Trinajstić information content (AvgIpc) is 3.11. The van der Waals surface area contributed by atoms with Crippen molar-refractivity contribution in [2.75, 3.05) is 0 Å². The Morgan fingerprint density at radius 1 is 0.229 bits per heavy atom. The van der Waals surface area contributed by atoms with Crippen LogP contribution < -0.4 is 0 Å². The van der Waals surface area contributed by atoms with Crippen LogP contribution >= 0.6 is 0 Å². The van der Waals surface area contributed by atoms with Gasteiger partial charge >= 0.3 is 0 Å². The zero-order valence-corrected chi connectivity index (χ0v) is 28.5. The van der Waals surface area contributed by atoms with Crippen molar-refractivity contribution in [1.82, 2.24) is 0 Å². The highest BCUT2D eigenvalue weighted by molar-refractivity contribution is 5.74. The molecule has 0 unspecified atom stereocenters. The van der Waals surface area contributed by atoms with Gasteiger partial charge in [-0.25, -0.2) is 0 Å². The first kappa shape index (κ1) is 33.6. The van der Waals surface area contributed by atoms with E-state index in [0.29, 0.717) is 0 Å². The van der Waals surface area contributed by atoms with Gasteiger partial charge in [-0.2, -0.15) is 0 Å². The fourth-order valence-corrected chi connectivity index (χ4v) is 5.11. The summed E-state index contributed by atoms with van der Waals surface area (Å²) >= 11 is 0. The molecule has 0 aromatic heterocycles. The van der Waals surface area contributed by atoms with Crippen LogP contribution in [0.15, 0.2) is 146 Å². The van der Waals surface area contributed by atoms with Crippen LogP contribution in [0.4, 0.5) is 0 Å². The van der Waals surface area contributed by atoms with E-state index in [1.807, 2.05) is 0 Å². The molecule has 6 aromatic rings. The fourth-order valence-electron chi connectivity index (χ4n) is 5.11. The molecular weight excluding hydrogens is 577 g/mol. The first-order chi connectivity index (χ1) is 23.4. The number of hydrogen-bond donors (Lipinski definition) is 0. The Hall–Kier alpha value is -5.72. The van der Waals surface area contributed by atoms with E-state index in [9.17, 15) is 0 Å². The monoisotopic (exact) mass is 620 g/mol. The van der Waals surface area contributed by atoms with Crippen LogP contribution in [0.5, 0.6) is 0 Å². The van der Waals surface area contributed by atoms with Crippen molar-refractivity contribution in [2.45, 2.75) is 27.7 Å². The van der Waals surface area contributed by atoms with Gasteiger partial charge in [0.1, 0.15) is 0 Å². The van der Waals surface area contributed by atoms with Crippen molar-refractivity contribution in [2.24, 2.45) is 0 Å². The molecule has 0 fully saturated rings. The quantitative estimate of drug-likeness (QED) is 0.149. The molecule has 0 aliphatic carbocycles. The van der Waals surface area contributed by atoms with Gasteiger partial charge in [-0.1, -0.05) is 216 Å². The van der Waals surface area contributed by atoms with Crippen LogP contribution in [0.25, 0.3) is 48.6 Å². The van der Waals surface area contributed by atoms with E-state index in [1.54, 1.807) is 0 Å². The van der Waals surface area contributed by atoms with Crippen LogP contribution in [0.3, 0.4) is 0 Å². The number of rotatable bonds is 8. The first-order valence-electron chi connectivity index (χ1n) is 16.6. The number of hydrogen-bond acceptors (Lipinski definition) is 0. The third-order valence-corrected chi connectivity index (χ3v) is 7.98. The van der Waals surface area contributed by atoms with E-state index in [-0.39, 0.29) is 0 Å². The molecule has 0 aliphatic heterocycles. The molecule has 0 aliphatic rings. The highest BCUT2D eigenvalue weighted by Crippen LogP contribution is 2.15. The molecule has 0 bridgehead atoms. The summed E-state index contributed by atoms with van der Waals surface area (Å²) in [6.07, 6.45) is 17.2. The predicted octanol–water partition coefficient (Wildman–Crippen LogP) is 13.3. The SMILES string of the molecule is Cc1ccc(C=Cc2ccc(C=Cc3ccc(C)cc3)cc2)cc1.Cc1cccc(C=Cc2ccc(C=Cc3cccc(C)c3)cc2)c1. The van der Waals surface area contributed by atoms with E-state index < -0.39 is 0 Å². The van der Waals surface area contributed by atoms with Crippen LogP contribution in [-0.4, -0.2) is 0 Å². The molecule has 0 nitrogen and oxygen atoms in total. The molecule has 0 spiro atoms. The Balaban J connectivity index is 0.000000188. The van der Waals surface area contributed by atoms with Crippen LogP contribution in [0, 0.1) is 27.7 Å². The molecule has 0 heteroatoms. The van der Waals surface area contributed by atoms with Gasteiger partial charge in [0.05, 0.1) is 0 Å². The van der Waals surface area contributed by atoms with Gasteiger partial charge in [0.25, 0.3) is 0 Å².